The Morgan fingerprint density at radius 2 is 2.09 bits per heavy atom. The lowest BCUT2D eigenvalue weighted by molar-refractivity contribution is -0.115. The summed E-state index contributed by atoms with van der Waals surface area (Å²) in [6.07, 6.45) is 8.55. The zero-order chi connectivity index (χ0) is 15.3. The van der Waals surface area contributed by atoms with E-state index in [1.165, 1.54) is 44.0 Å². The first-order valence-electron chi connectivity index (χ1n) is 8.79. The molecule has 0 unspecified atom stereocenters. The van der Waals surface area contributed by atoms with Crippen LogP contribution in [-0.2, 0) is 11.2 Å². The first-order chi connectivity index (χ1) is 10.7. The summed E-state index contributed by atoms with van der Waals surface area (Å²) < 4.78 is 5.39. The van der Waals surface area contributed by atoms with Gasteiger partial charge < -0.3 is 9.53 Å². The second-order valence-corrected chi connectivity index (χ2v) is 7.84. The molecule has 1 aromatic rings. The number of hydrogen-bond acceptors (Lipinski definition) is 2. The summed E-state index contributed by atoms with van der Waals surface area (Å²) >= 11 is 0. The molecule has 0 aromatic heterocycles. The zero-order valence-electron chi connectivity index (χ0n) is 13.7. The third kappa shape index (κ3) is 1.89. The lowest BCUT2D eigenvalue weighted by Gasteiger charge is -2.50. The topological polar surface area (TPSA) is 26.3 Å². The molecule has 118 valence electrons. The lowest BCUT2D eigenvalue weighted by atomic mass is 9.54. The van der Waals surface area contributed by atoms with Crippen LogP contribution in [0.4, 0.5) is 0 Å². The van der Waals surface area contributed by atoms with Gasteiger partial charge in [0.1, 0.15) is 12.0 Å². The van der Waals surface area contributed by atoms with Gasteiger partial charge in [0, 0.05) is 5.92 Å². The van der Waals surface area contributed by atoms with Crippen LogP contribution in [0.3, 0.4) is 0 Å². The van der Waals surface area contributed by atoms with E-state index in [2.05, 4.69) is 25.1 Å². The maximum Gasteiger partial charge on any atom is 0.123 e. The van der Waals surface area contributed by atoms with Gasteiger partial charge in [-0.25, -0.2) is 0 Å². The van der Waals surface area contributed by atoms with Gasteiger partial charge in [0.2, 0.25) is 0 Å². The Kier molecular flexibility index (Phi) is 3.32. The number of benzene rings is 1. The fourth-order valence-corrected chi connectivity index (χ4v) is 5.95. The van der Waals surface area contributed by atoms with Crippen molar-refractivity contribution in [3.63, 3.8) is 0 Å². The molecule has 2 fully saturated rings. The van der Waals surface area contributed by atoms with Gasteiger partial charge in [0.15, 0.2) is 0 Å². The summed E-state index contributed by atoms with van der Waals surface area (Å²) in [6.45, 7) is 2.39. The van der Waals surface area contributed by atoms with Crippen LogP contribution in [0.5, 0.6) is 5.75 Å². The van der Waals surface area contributed by atoms with E-state index >= 15 is 0 Å². The Morgan fingerprint density at radius 3 is 2.86 bits per heavy atom. The highest BCUT2D eigenvalue weighted by molar-refractivity contribution is 5.56. The fourth-order valence-electron chi connectivity index (χ4n) is 5.95. The van der Waals surface area contributed by atoms with Crippen molar-refractivity contribution in [3.8, 4) is 5.75 Å². The van der Waals surface area contributed by atoms with Gasteiger partial charge in [-0.2, -0.15) is 0 Å². The minimum atomic E-state index is 0.271. The molecule has 2 nitrogen and oxygen atoms in total. The van der Waals surface area contributed by atoms with Crippen LogP contribution in [0.15, 0.2) is 18.2 Å². The fraction of sp³-hybridized carbons (Fsp3) is 0.650. The Morgan fingerprint density at radius 1 is 1.23 bits per heavy atom. The van der Waals surface area contributed by atoms with Crippen molar-refractivity contribution >= 4 is 6.29 Å². The Labute approximate surface area is 133 Å². The zero-order valence-corrected chi connectivity index (χ0v) is 13.7. The summed E-state index contributed by atoms with van der Waals surface area (Å²) in [6, 6.07) is 6.67. The summed E-state index contributed by atoms with van der Waals surface area (Å²) in [5.74, 6) is 3.52. The number of aryl methyl sites for hydroxylation is 1. The highest BCUT2D eigenvalue weighted by Crippen LogP contribution is 2.62. The van der Waals surface area contributed by atoms with Gasteiger partial charge in [-0.3, -0.25) is 0 Å². The average molecular weight is 298 g/mol. The summed E-state index contributed by atoms with van der Waals surface area (Å²) in [5.41, 5.74) is 3.33. The molecule has 0 radical (unpaired) electrons. The number of fused-ring (bicyclic) bond motifs is 5. The van der Waals surface area contributed by atoms with Crippen LogP contribution in [0.25, 0.3) is 0 Å². The SMILES string of the molecule is COc1ccc2c(c1)CC[C@@H]1[C@@H]2CC[C@]2(C)[C@@H](C=O)CC[C@@H]12. The standard InChI is InChI=1S/C20H26O2/c1-20-10-9-17-16-7-5-15(22-2)11-13(16)3-6-18(17)19(20)8-4-14(20)12-21/h5,7,11-12,14,17-19H,3-4,6,8-10H2,1-2H3/t14-,17-,18-,19+,20-/m1/s1. The Balaban J connectivity index is 1.67. The van der Waals surface area contributed by atoms with Gasteiger partial charge >= 0.3 is 0 Å². The molecule has 3 aliphatic rings. The minimum absolute atomic E-state index is 0.271. The molecule has 0 spiro atoms. The van der Waals surface area contributed by atoms with E-state index in [1.54, 1.807) is 12.7 Å². The van der Waals surface area contributed by atoms with E-state index in [4.69, 9.17) is 4.74 Å². The number of carbonyl (C=O) groups excluding carboxylic acids is 1. The molecule has 0 bridgehead atoms. The van der Waals surface area contributed by atoms with E-state index < -0.39 is 0 Å². The van der Waals surface area contributed by atoms with Crippen LogP contribution >= 0.6 is 0 Å². The predicted molar refractivity (Wildman–Crippen MR) is 87.2 cm³/mol. The highest BCUT2D eigenvalue weighted by atomic mass is 16.5. The van der Waals surface area contributed by atoms with E-state index in [1.807, 2.05) is 0 Å². The number of carbonyl (C=O) groups is 1. The van der Waals surface area contributed by atoms with Crippen molar-refractivity contribution in [2.75, 3.05) is 7.11 Å². The quantitative estimate of drug-likeness (QED) is 0.758. The van der Waals surface area contributed by atoms with Crippen molar-refractivity contribution in [3.05, 3.63) is 29.3 Å². The lowest BCUT2D eigenvalue weighted by Crippen LogP contribution is -2.42. The molecule has 0 amide bonds. The first kappa shape index (κ1) is 14.3. The summed E-state index contributed by atoms with van der Waals surface area (Å²) in [5, 5.41) is 0. The van der Waals surface area contributed by atoms with Gasteiger partial charge in [0.05, 0.1) is 7.11 Å². The smallest absolute Gasteiger partial charge is 0.123 e. The van der Waals surface area contributed by atoms with Crippen molar-refractivity contribution in [1.29, 1.82) is 0 Å². The second kappa shape index (κ2) is 5.11. The molecule has 3 aliphatic carbocycles. The van der Waals surface area contributed by atoms with Crippen molar-refractivity contribution < 1.29 is 9.53 Å². The number of hydrogen-bond donors (Lipinski definition) is 0. The average Bonchev–Trinajstić information content (AvgIpc) is 2.90. The van der Waals surface area contributed by atoms with E-state index in [9.17, 15) is 4.79 Å². The van der Waals surface area contributed by atoms with Gasteiger partial charge in [-0.05, 0) is 85.0 Å². The third-order valence-corrected chi connectivity index (χ3v) is 7.17. The Bertz CT molecular complexity index is 593. The van der Waals surface area contributed by atoms with Crippen LogP contribution in [0.1, 0.15) is 56.1 Å². The predicted octanol–water partition coefficient (Wildman–Crippen LogP) is 4.37. The van der Waals surface area contributed by atoms with Crippen LogP contribution in [0, 0.1) is 23.2 Å². The van der Waals surface area contributed by atoms with Crippen molar-refractivity contribution in [1.82, 2.24) is 0 Å². The third-order valence-electron chi connectivity index (χ3n) is 7.17. The molecule has 0 heterocycles. The molecule has 5 atom stereocenters. The van der Waals surface area contributed by atoms with Crippen LogP contribution in [0.2, 0.25) is 0 Å². The molecule has 2 saturated carbocycles. The van der Waals surface area contributed by atoms with Gasteiger partial charge in [-0.1, -0.05) is 13.0 Å². The Hall–Kier alpha value is -1.31. The molecule has 22 heavy (non-hydrogen) atoms. The minimum Gasteiger partial charge on any atom is -0.497 e. The van der Waals surface area contributed by atoms with Gasteiger partial charge in [0.25, 0.3) is 0 Å². The van der Waals surface area contributed by atoms with Crippen LogP contribution < -0.4 is 4.74 Å². The van der Waals surface area contributed by atoms with Gasteiger partial charge in [-0.15, -0.1) is 0 Å². The molecule has 1 aromatic carbocycles. The molecule has 0 saturated heterocycles. The monoisotopic (exact) mass is 298 g/mol. The molecule has 0 N–H and O–H groups in total. The van der Waals surface area contributed by atoms with Crippen molar-refractivity contribution in [2.45, 2.75) is 51.4 Å². The number of methoxy groups -OCH3 is 1. The maximum absolute atomic E-state index is 11.5. The second-order valence-electron chi connectivity index (χ2n) is 7.84. The normalized spacial score (nSPS) is 39.5. The summed E-state index contributed by atoms with van der Waals surface area (Å²) in [4.78, 5) is 11.5. The van der Waals surface area contributed by atoms with E-state index in [-0.39, 0.29) is 5.41 Å². The van der Waals surface area contributed by atoms with E-state index in [0.717, 1.165) is 24.0 Å². The number of ether oxygens (including phenoxy) is 1. The molecule has 0 aliphatic heterocycles. The highest BCUT2D eigenvalue weighted by Gasteiger charge is 2.54. The number of aldehydes is 1. The summed E-state index contributed by atoms with van der Waals surface area (Å²) in [7, 11) is 1.75. The first-order valence-corrected chi connectivity index (χ1v) is 8.79. The van der Waals surface area contributed by atoms with Crippen molar-refractivity contribution in [2.24, 2.45) is 23.2 Å². The molecule has 4 rings (SSSR count). The van der Waals surface area contributed by atoms with Crippen LogP contribution in [-0.4, -0.2) is 13.4 Å². The molecular formula is C20H26O2. The molecule has 2 heteroatoms. The maximum atomic E-state index is 11.5. The van der Waals surface area contributed by atoms with E-state index in [0.29, 0.717) is 11.8 Å². The largest absolute Gasteiger partial charge is 0.497 e. The number of rotatable bonds is 2. The molecular weight excluding hydrogens is 272 g/mol.